The second-order valence-corrected chi connectivity index (χ2v) is 6.04. The molecular weight excluding hydrogens is 242 g/mol. The Kier molecular flexibility index (Phi) is 6.68. The van der Waals surface area contributed by atoms with Gasteiger partial charge < -0.3 is 16.0 Å². The normalized spacial score (nSPS) is 13.4. The fourth-order valence-corrected chi connectivity index (χ4v) is 3.20. The maximum Gasteiger partial charge on any atom is 0.0468 e. The van der Waals surface area contributed by atoms with Crippen LogP contribution in [-0.4, -0.2) is 31.6 Å². The van der Waals surface area contributed by atoms with Crippen LogP contribution in [0.5, 0.6) is 0 Å². The van der Waals surface area contributed by atoms with Crippen molar-refractivity contribution in [3.8, 4) is 0 Å². The van der Waals surface area contributed by atoms with E-state index < -0.39 is 0 Å². The van der Waals surface area contributed by atoms with Crippen molar-refractivity contribution < 1.29 is 0 Å². The fourth-order valence-electron chi connectivity index (χ4n) is 2.43. The zero-order chi connectivity index (χ0) is 13.5. The van der Waals surface area contributed by atoms with Crippen molar-refractivity contribution in [1.29, 1.82) is 0 Å². The van der Waals surface area contributed by atoms with Crippen molar-refractivity contribution >= 4 is 17.0 Å². The summed E-state index contributed by atoms with van der Waals surface area (Å²) in [5.74, 6) is 0.758. The summed E-state index contributed by atoms with van der Waals surface area (Å²) in [6.07, 6.45) is 2.48. The molecule has 1 heterocycles. The SMILES string of the molecule is CCC(CC)C(CNCc1sccc1N)N(C)C. The molecule has 0 aliphatic carbocycles. The first-order valence-corrected chi connectivity index (χ1v) is 7.67. The van der Waals surface area contributed by atoms with Crippen LogP contribution in [0.15, 0.2) is 11.4 Å². The van der Waals surface area contributed by atoms with Crippen molar-refractivity contribution in [3.63, 3.8) is 0 Å². The molecule has 0 aliphatic rings. The van der Waals surface area contributed by atoms with Gasteiger partial charge in [-0.3, -0.25) is 0 Å². The third-order valence-corrected chi connectivity index (χ3v) is 4.61. The molecule has 0 spiro atoms. The Morgan fingerprint density at radius 3 is 2.44 bits per heavy atom. The number of hydrogen-bond donors (Lipinski definition) is 2. The number of anilines is 1. The van der Waals surface area contributed by atoms with Gasteiger partial charge in [-0.25, -0.2) is 0 Å². The molecule has 3 nitrogen and oxygen atoms in total. The van der Waals surface area contributed by atoms with Crippen molar-refractivity contribution in [2.45, 2.75) is 39.3 Å². The van der Waals surface area contributed by atoms with Crippen molar-refractivity contribution in [2.75, 3.05) is 26.4 Å². The molecule has 1 aromatic rings. The van der Waals surface area contributed by atoms with Crippen LogP contribution in [0.25, 0.3) is 0 Å². The molecule has 1 aromatic heterocycles. The van der Waals surface area contributed by atoms with E-state index >= 15 is 0 Å². The van der Waals surface area contributed by atoms with Gasteiger partial charge >= 0.3 is 0 Å². The van der Waals surface area contributed by atoms with Gasteiger partial charge in [-0.2, -0.15) is 0 Å². The molecule has 0 saturated carbocycles. The first kappa shape index (κ1) is 15.5. The topological polar surface area (TPSA) is 41.3 Å². The lowest BCUT2D eigenvalue weighted by molar-refractivity contribution is 0.194. The summed E-state index contributed by atoms with van der Waals surface area (Å²) < 4.78 is 0. The van der Waals surface area contributed by atoms with Crippen LogP contribution in [0.4, 0.5) is 5.69 Å². The maximum atomic E-state index is 5.89. The van der Waals surface area contributed by atoms with Crippen LogP contribution in [0.1, 0.15) is 31.6 Å². The molecule has 1 unspecified atom stereocenters. The Hall–Kier alpha value is -0.580. The minimum Gasteiger partial charge on any atom is -0.398 e. The third kappa shape index (κ3) is 4.26. The Bertz CT molecular complexity index is 332. The molecule has 0 amide bonds. The Labute approximate surface area is 115 Å². The minimum atomic E-state index is 0.598. The number of nitrogens with zero attached hydrogens (tertiary/aromatic N) is 1. The monoisotopic (exact) mass is 269 g/mol. The van der Waals surface area contributed by atoms with Crippen molar-refractivity contribution in [1.82, 2.24) is 10.2 Å². The zero-order valence-corrected chi connectivity index (χ0v) is 12.9. The van der Waals surface area contributed by atoms with Crippen LogP contribution in [0.2, 0.25) is 0 Å². The smallest absolute Gasteiger partial charge is 0.0468 e. The van der Waals surface area contributed by atoms with Crippen LogP contribution >= 0.6 is 11.3 Å². The van der Waals surface area contributed by atoms with E-state index in [9.17, 15) is 0 Å². The number of nitrogens with two attached hydrogens (primary N) is 1. The highest BCUT2D eigenvalue weighted by atomic mass is 32.1. The quantitative estimate of drug-likeness (QED) is 0.762. The van der Waals surface area contributed by atoms with Crippen LogP contribution in [0.3, 0.4) is 0 Å². The van der Waals surface area contributed by atoms with Crippen LogP contribution < -0.4 is 11.1 Å². The van der Waals surface area contributed by atoms with E-state index in [0.717, 1.165) is 24.7 Å². The number of likely N-dealkylation sites (N-methyl/N-ethyl adjacent to an activating group) is 1. The molecule has 0 radical (unpaired) electrons. The molecular formula is C14H27N3S. The summed E-state index contributed by atoms with van der Waals surface area (Å²) in [4.78, 5) is 3.58. The van der Waals surface area contributed by atoms with E-state index in [1.165, 1.54) is 17.7 Å². The number of nitrogens with one attached hydrogen (secondary N) is 1. The molecule has 0 bridgehead atoms. The van der Waals surface area contributed by atoms with Gasteiger partial charge in [0.1, 0.15) is 0 Å². The number of hydrogen-bond acceptors (Lipinski definition) is 4. The molecule has 18 heavy (non-hydrogen) atoms. The number of thiophene rings is 1. The lowest BCUT2D eigenvalue weighted by atomic mass is 9.93. The average Bonchev–Trinajstić information content (AvgIpc) is 2.74. The molecule has 0 fully saturated rings. The lowest BCUT2D eigenvalue weighted by Gasteiger charge is -2.31. The van der Waals surface area contributed by atoms with Gasteiger partial charge in [-0.05, 0) is 31.5 Å². The van der Waals surface area contributed by atoms with Crippen molar-refractivity contribution in [2.24, 2.45) is 5.92 Å². The standard InChI is InChI=1S/C14H27N3S/c1-5-11(6-2)13(17(3)4)9-16-10-14-12(15)7-8-18-14/h7-8,11,13,16H,5-6,9-10,15H2,1-4H3. The summed E-state index contributed by atoms with van der Waals surface area (Å²) in [6.45, 7) is 6.47. The molecule has 4 heteroatoms. The molecule has 0 saturated heterocycles. The summed E-state index contributed by atoms with van der Waals surface area (Å²) in [5.41, 5.74) is 6.80. The number of nitrogen functional groups attached to an aromatic ring is 1. The van der Waals surface area contributed by atoms with Gasteiger partial charge in [0.25, 0.3) is 0 Å². The average molecular weight is 269 g/mol. The second-order valence-electron chi connectivity index (χ2n) is 5.04. The molecule has 3 N–H and O–H groups in total. The highest BCUT2D eigenvalue weighted by molar-refractivity contribution is 7.10. The van der Waals surface area contributed by atoms with Crippen LogP contribution in [0, 0.1) is 5.92 Å². The molecule has 1 rings (SSSR count). The highest BCUT2D eigenvalue weighted by Crippen LogP contribution is 2.19. The van der Waals surface area contributed by atoms with Gasteiger partial charge in [-0.1, -0.05) is 26.7 Å². The first-order valence-electron chi connectivity index (χ1n) is 6.79. The Balaban J connectivity index is 2.45. The first-order chi connectivity index (χ1) is 8.60. The van der Waals surface area contributed by atoms with Gasteiger partial charge in [0, 0.05) is 29.7 Å². The van der Waals surface area contributed by atoms with E-state index in [0.29, 0.717) is 6.04 Å². The van der Waals surface area contributed by atoms with Gasteiger partial charge in [0.2, 0.25) is 0 Å². The van der Waals surface area contributed by atoms with E-state index in [1.807, 2.05) is 6.07 Å². The van der Waals surface area contributed by atoms with Crippen molar-refractivity contribution in [3.05, 3.63) is 16.3 Å². The summed E-state index contributed by atoms with van der Waals surface area (Å²) in [7, 11) is 4.34. The van der Waals surface area contributed by atoms with Gasteiger partial charge in [0.05, 0.1) is 0 Å². The largest absolute Gasteiger partial charge is 0.398 e. The molecule has 0 aliphatic heterocycles. The van der Waals surface area contributed by atoms with E-state index in [2.05, 4.69) is 43.5 Å². The Morgan fingerprint density at radius 1 is 1.33 bits per heavy atom. The predicted octanol–water partition coefficient (Wildman–Crippen LogP) is 2.79. The predicted molar refractivity (Wildman–Crippen MR) is 82.0 cm³/mol. The maximum absolute atomic E-state index is 5.89. The van der Waals surface area contributed by atoms with Crippen LogP contribution in [-0.2, 0) is 6.54 Å². The minimum absolute atomic E-state index is 0.598. The summed E-state index contributed by atoms with van der Waals surface area (Å²) in [5, 5.41) is 5.60. The molecule has 0 aromatic carbocycles. The highest BCUT2D eigenvalue weighted by Gasteiger charge is 2.20. The lowest BCUT2D eigenvalue weighted by Crippen LogP contribution is -2.42. The second kappa shape index (κ2) is 7.77. The molecule has 1 atom stereocenters. The van der Waals surface area contributed by atoms with E-state index in [-0.39, 0.29) is 0 Å². The van der Waals surface area contributed by atoms with Gasteiger partial charge in [0.15, 0.2) is 0 Å². The van der Waals surface area contributed by atoms with E-state index in [1.54, 1.807) is 11.3 Å². The summed E-state index contributed by atoms with van der Waals surface area (Å²) in [6, 6.07) is 2.58. The van der Waals surface area contributed by atoms with E-state index in [4.69, 9.17) is 5.73 Å². The Morgan fingerprint density at radius 2 is 2.00 bits per heavy atom. The van der Waals surface area contributed by atoms with Gasteiger partial charge in [-0.15, -0.1) is 11.3 Å². The number of rotatable bonds is 8. The zero-order valence-electron chi connectivity index (χ0n) is 12.1. The fraction of sp³-hybridized carbons (Fsp3) is 0.714. The third-order valence-electron chi connectivity index (χ3n) is 3.68. The molecule has 104 valence electrons. The summed E-state index contributed by atoms with van der Waals surface area (Å²) >= 11 is 1.73.